The van der Waals surface area contributed by atoms with Gasteiger partial charge in [0.15, 0.2) is 0 Å². The van der Waals surface area contributed by atoms with Crippen LogP contribution < -0.4 is 10.6 Å². The van der Waals surface area contributed by atoms with E-state index in [0.717, 1.165) is 42.3 Å². The summed E-state index contributed by atoms with van der Waals surface area (Å²) in [6.45, 7) is 3.37. The summed E-state index contributed by atoms with van der Waals surface area (Å²) >= 11 is 7.57. The Labute approximate surface area is 159 Å². The van der Waals surface area contributed by atoms with Crippen LogP contribution >= 0.6 is 35.8 Å². The third-order valence-corrected chi connectivity index (χ3v) is 5.41. The highest BCUT2D eigenvalue weighted by atomic mass is 35.5. The minimum absolute atomic E-state index is 0. The van der Waals surface area contributed by atoms with E-state index in [1.54, 1.807) is 18.9 Å². The van der Waals surface area contributed by atoms with Crippen LogP contribution in [0, 0.1) is 5.41 Å². The van der Waals surface area contributed by atoms with Crippen molar-refractivity contribution in [3.63, 3.8) is 0 Å². The van der Waals surface area contributed by atoms with Crippen molar-refractivity contribution in [3.8, 4) is 0 Å². The number of carbonyl (C=O) groups excluding carboxylic acids is 1. The maximum Gasteiger partial charge on any atom is 0.230 e. The first-order valence-corrected chi connectivity index (χ1v) is 9.45. The van der Waals surface area contributed by atoms with E-state index in [9.17, 15) is 4.79 Å². The summed E-state index contributed by atoms with van der Waals surface area (Å²) in [5.41, 5.74) is 1.22. The molecule has 0 aromatic heterocycles. The lowest BCUT2D eigenvalue weighted by atomic mass is 9.79. The van der Waals surface area contributed by atoms with Gasteiger partial charge in [0.2, 0.25) is 5.91 Å². The molecular formula is C17H26Cl2N2O2S. The molecule has 0 unspecified atom stereocenters. The average molecular weight is 393 g/mol. The van der Waals surface area contributed by atoms with Crippen LogP contribution in [-0.4, -0.2) is 45.0 Å². The summed E-state index contributed by atoms with van der Waals surface area (Å²) < 4.78 is 5.37. The molecule has 2 N–H and O–H groups in total. The largest absolute Gasteiger partial charge is 0.384 e. The number of halogens is 2. The third-order valence-electron chi connectivity index (χ3n) is 4.17. The Kier molecular flexibility index (Phi) is 10.1. The predicted molar refractivity (Wildman–Crippen MR) is 104 cm³/mol. The zero-order chi connectivity index (χ0) is 16.5. The molecule has 1 fully saturated rings. The monoisotopic (exact) mass is 392 g/mol. The molecule has 1 aliphatic heterocycles. The van der Waals surface area contributed by atoms with Gasteiger partial charge in [-0.3, -0.25) is 4.79 Å². The molecule has 0 aliphatic carbocycles. The fraction of sp³-hybridized carbons (Fsp3) is 0.588. The second-order valence-corrected chi connectivity index (χ2v) is 7.50. The number of piperidine rings is 1. The van der Waals surface area contributed by atoms with Gasteiger partial charge in [0.25, 0.3) is 0 Å². The van der Waals surface area contributed by atoms with Gasteiger partial charge in [0.1, 0.15) is 0 Å². The fourth-order valence-electron chi connectivity index (χ4n) is 2.86. The Bertz CT molecular complexity index is 506. The molecule has 0 saturated carbocycles. The quantitative estimate of drug-likeness (QED) is 0.713. The number of rotatable bonds is 8. The predicted octanol–water partition coefficient (Wildman–Crippen LogP) is 3.13. The van der Waals surface area contributed by atoms with Crippen LogP contribution in [0.2, 0.25) is 5.02 Å². The molecular weight excluding hydrogens is 367 g/mol. The summed E-state index contributed by atoms with van der Waals surface area (Å²) in [6.07, 6.45) is 2.08. The van der Waals surface area contributed by atoms with E-state index in [4.69, 9.17) is 16.3 Å². The molecule has 0 bridgehead atoms. The summed E-state index contributed by atoms with van der Waals surface area (Å²) in [7, 11) is 1.73. The van der Waals surface area contributed by atoms with Crippen LogP contribution in [0.15, 0.2) is 24.3 Å². The van der Waals surface area contributed by atoms with Crippen molar-refractivity contribution in [3.05, 3.63) is 34.9 Å². The van der Waals surface area contributed by atoms with E-state index in [0.29, 0.717) is 18.9 Å². The third kappa shape index (κ3) is 7.19. The molecule has 1 aromatic rings. The Hall–Kier alpha value is -0.460. The molecule has 136 valence electrons. The molecule has 0 atom stereocenters. The Morgan fingerprint density at radius 3 is 2.83 bits per heavy atom. The zero-order valence-electron chi connectivity index (χ0n) is 14.0. The summed E-state index contributed by atoms with van der Waals surface area (Å²) in [5, 5.41) is 7.18. The van der Waals surface area contributed by atoms with E-state index < -0.39 is 0 Å². The minimum atomic E-state index is 0. The van der Waals surface area contributed by atoms with Crippen molar-refractivity contribution in [1.82, 2.24) is 10.6 Å². The highest BCUT2D eigenvalue weighted by molar-refractivity contribution is 7.99. The van der Waals surface area contributed by atoms with Crippen LogP contribution in [0.5, 0.6) is 0 Å². The van der Waals surface area contributed by atoms with E-state index >= 15 is 0 Å². The standard InChI is InChI=1S/C17H25ClN2O2S.ClH/c1-22-13-17(5-7-19-8-6-17)12-20-16(21)11-23-10-14-3-2-4-15(18)9-14;/h2-4,9,19H,5-8,10-13H2,1H3,(H,20,21);1H. The Morgan fingerprint density at radius 2 is 2.17 bits per heavy atom. The molecule has 1 saturated heterocycles. The van der Waals surface area contributed by atoms with Crippen LogP contribution in [0.25, 0.3) is 0 Å². The first-order valence-electron chi connectivity index (χ1n) is 7.92. The number of hydrogen-bond donors (Lipinski definition) is 2. The molecule has 7 heteroatoms. The van der Waals surface area contributed by atoms with Gasteiger partial charge < -0.3 is 15.4 Å². The first kappa shape index (κ1) is 21.6. The summed E-state index contributed by atoms with van der Waals surface area (Å²) in [4.78, 5) is 12.1. The Morgan fingerprint density at radius 1 is 1.42 bits per heavy atom. The van der Waals surface area contributed by atoms with E-state index in [-0.39, 0.29) is 23.7 Å². The number of benzene rings is 1. The molecule has 4 nitrogen and oxygen atoms in total. The second kappa shape index (κ2) is 11.2. The lowest BCUT2D eigenvalue weighted by Gasteiger charge is -2.37. The van der Waals surface area contributed by atoms with Crippen molar-refractivity contribution in [2.45, 2.75) is 18.6 Å². The van der Waals surface area contributed by atoms with Crippen molar-refractivity contribution in [2.24, 2.45) is 5.41 Å². The molecule has 1 heterocycles. The van der Waals surface area contributed by atoms with Gasteiger partial charge in [-0.25, -0.2) is 0 Å². The normalized spacial score (nSPS) is 16.2. The van der Waals surface area contributed by atoms with Crippen LogP contribution in [0.1, 0.15) is 18.4 Å². The SMILES string of the molecule is COCC1(CNC(=O)CSCc2cccc(Cl)c2)CCNCC1.Cl. The molecule has 1 aromatic carbocycles. The smallest absolute Gasteiger partial charge is 0.230 e. The lowest BCUT2D eigenvalue weighted by molar-refractivity contribution is -0.119. The van der Waals surface area contributed by atoms with Gasteiger partial charge in [-0.2, -0.15) is 0 Å². The average Bonchev–Trinajstić information content (AvgIpc) is 2.54. The number of nitrogens with one attached hydrogen (secondary N) is 2. The van der Waals surface area contributed by atoms with Gasteiger partial charge in [-0.1, -0.05) is 23.7 Å². The van der Waals surface area contributed by atoms with Crippen LogP contribution in [-0.2, 0) is 15.3 Å². The molecule has 1 aliphatic rings. The topological polar surface area (TPSA) is 50.4 Å². The van der Waals surface area contributed by atoms with Crippen LogP contribution in [0.3, 0.4) is 0 Å². The Balaban J connectivity index is 0.00000288. The molecule has 24 heavy (non-hydrogen) atoms. The maximum atomic E-state index is 12.1. The van der Waals surface area contributed by atoms with Crippen molar-refractivity contribution >= 4 is 41.7 Å². The van der Waals surface area contributed by atoms with E-state index in [1.165, 1.54) is 0 Å². The molecule has 0 spiro atoms. The molecule has 0 radical (unpaired) electrons. The number of ether oxygens (including phenoxy) is 1. The minimum Gasteiger partial charge on any atom is -0.384 e. The maximum absolute atomic E-state index is 12.1. The molecule has 2 rings (SSSR count). The number of carbonyl (C=O) groups is 1. The van der Waals surface area contributed by atoms with Gasteiger partial charge in [-0.15, -0.1) is 24.2 Å². The highest BCUT2D eigenvalue weighted by Gasteiger charge is 2.32. The van der Waals surface area contributed by atoms with Gasteiger partial charge in [-0.05, 0) is 43.6 Å². The van der Waals surface area contributed by atoms with Crippen molar-refractivity contribution < 1.29 is 9.53 Å². The number of thioether (sulfide) groups is 1. The summed E-state index contributed by atoms with van der Waals surface area (Å²) in [6, 6.07) is 7.76. The van der Waals surface area contributed by atoms with Crippen LogP contribution in [0.4, 0.5) is 0 Å². The van der Waals surface area contributed by atoms with Crippen molar-refractivity contribution in [1.29, 1.82) is 0 Å². The zero-order valence-corrected chi connectivity index (χ0v) is 16.4. The van der Waals surface area contributed by atoms with Gasteiger partial charge in [0, 0.05) is 29.8 Å². The lowest BCUT2D eigenvalue weighted by Crippen LogP contribution is -2.47. The van der Waals surface area contributed by atoms with Gasteiger partial charge >= 0.3 is 0 Å². The van der Waals surface area contributed by atoms with Crippen molar-refractivity contribution in [2.75, 3.05) is 39.1 Å². The molecule has 1 amide bonds. The highest BCUT2D eigenvalue weighted by Crippen LogP contribution is 2.28. The number of hydrogen-bond acceptors (Lipinski definition) is 4. The second-order valence-electron chi connectivity index (χ2n) is 6.08. The van der Waals surface area contributed by atoms with E-state index in [1.807, 2.05) is 24.3 Å². The summed E-state index contributed by atoms with van der Waals surface area (Å²) in [5.74, 6) is 1.35. The number of amides is 1. The van der Waals surface area contributed by atoms with E-state index in [2.05, 4.69) is 10.6 Å². The first-order chi connectivity index (χ1) is 11.1. The van der Waals surface area contributed by atoms with Gasteiger partial charge in [0.05, 0.1) is 12.4 Å². The number of methoxy groups -OCH3 is 1. The fourth-order valence-corrected chi connectivity index (χ4v) is 3.88.